The molecule has 17 nitrogen and oxygen atoms in total. The van der Waals surface area contributed by atoms with Gasteiger partial charge in [0.2, 0.25) is 0 Å². The predicted octanol–water partition coefficient (Wildman–Crippen LogP) is 0.137. The van der Waals surface area contributed by atoms with Gasteiger partial charge in [-0.1, -0.05) is 24.3 Å². The number of aldehydes is 1. The van der Waals surface area contributed by atoms with E-state index < -0.39 is 22.8 Å². The first-order valence-electron chi connectivity index (χ1n) is 14.7. The standard InChI is InChI=1S/C12H16N2O3.C7H5NO3.C5H11NO.C4H6BO4.C2H4O2.Na/c15-14(16)12-3-1-2-10(8-12)9-13-11-4-6-17-7-5-11;9-5-6-2-1-3-7(4-6)8(10)11;6-5-1-3-7-4-2-5;1-3(6)8-5-9-4(2)7;1-2(3)4;/h1-3,8,11,13H,4-7,9H2;1-5H;5H,1-4,6H2;1-2H3;1H3,(H,3,4);/q;;;-1;;+1. The van der Waals surface area contributed by atoms with Crippen molar-refractivity contribution in [3.8, 4) is 0 Å². The Balaban J connectivity index is 0. The van der Waals surface area contributed by atoms with Crippen LogP contribution in [0, 0.1) is 20.2 Å². The summed E-state index contributed by atoms with van der Waals surface area (Å²) in [6, 6.07) is 13.2. The van der Waals surface area contributed by atoms with Crippen LogP contribution in [0.15, 0.2) is 48.5 Å². The van der Waals surface area contributed by atoms with Gasteiger partial charge in [-0.3, -0.25) is 39.4 Å². The van der Waals surface area contributed by atoms with E-state index in [0.29, 0.717) is 38.2 Å². The fourth-order valence-corrected chi connectivity index (χ4v) is 3.53. The molecule has 0 spiro atoms. The molecule has 2 saturated heterocycles. The van der Waals surface area contributed by atoms with Crippen LogP contribution in [0.5, 0.6) is 0 Å². The Bertz CT molecular complexity index is 1280. The minimum absolute atomic E-state index is 0. The Morgan fingerprint density at radius 1 is 0.898 bits per heavy atom. The van der Waals surface area contributed by atoms with E-state index in [4.69, 9.17) is 25.1 Å². The molecule has 2 radical (unpaired) electrons. The van der Waals surface area contributed by atoms with Gasteiger partial charge in [0.1, 0.15) is 14.0 Å². The Kier molecular flexibility index (Phi) is 28.2. The molecule has 4 N–H and O–H groups in total. The van der Waals surface area contributed by atoms with E-state index in [1.807, 2.05) is 6.07 Å². The van der Waals surface area contributed by atoms with E-state index in [9.17, 15) is 34.6 Å². The first-order valence-corrected chi connectivity index (χ1v) is 14.7. The first kappa shape index (κ1) is 47.3. The van der Waals surface area contributed by atoms with E-state index in [-0.39, 0.29) is 45.9 Å². The number of ether oxygens (including phenoxy) is 2. The van der Waals surface area contributed by atoms with Crippen molar-refractivity contribution in [2.75, 3.05) is 26.4 Å². The predicted molar refractivity (Wildman–Crippen MR) is 173 cm³/mol. The van der Waals surface area contributed by atoms with Gasteiger partial charge in [-0.25, -0.2) is 0 Å². The van der Waals surface area contributed by atoms with Gasteiger partial charge in [0, 0.05) is 95.7 Å². The van der Waals surface area contributed by atoms with Gasteiger partial charge in [-0.2, -0.15) is 0 Å². The summed E-state index contributed by atoms with van der Waals surface area (Å²) in [5, 5.41) is 31.6. The van der Waals surface area contributed by atoms with Crippen molar-refractivity contribution in [3.05, 3.63) is 79.9 Å². The molecule has 4 rings (SSSR count). The van der Waals surface area contributed by atoms with Crippen molar-refractivity contribution in [1.29, 1.82) is 0 Å². The molecule has 2 aromatic carbocycles. The fourth-order valence-electron chi connectivity index (χ4n) is 3.53. The van der Waals surface area contributed by atoms with Gasteiger partial charge < -0.3 is 34.9 Å². The van der Waals surface area contributed by atoms with Crippen LogP contribution in [-0.2, 0) is 39.7 Å². The number of nitro benzene ring substituents is 2. The first-order chi connectivity index (χ1) is 22.7. The molecule has 2 aromatic rings. The smallest absolute Gasteiger partial charge is 0.702 e. The normalized spacial score (nSPS) is 13.6. The molecular weight excluding hydrogens is 658 g/mol. The zero-order valence-corrected chi connectivity index (χ0v) is 30.1. The van der Waals surface area contributed by atoms with Crippen LogP contribution in [0.1, 0.15) is 62.4 Å². The number of hydrogen-bond donors (Lipinski definition) is 3. The van der Waals surface area contributed by atoms with Crippen LogP contribution in [0.2, 0.25) is 0 Å². The minimum atomic E-state index is -0.833. The Labute approximate surface area is 307 Å². The molecule has 0 amide bonds. The number of aliphatic carboxylic acids is 1. The van der Waals surface area contributed by atoms with Crippen molar-refractivity contribution >= 4 is 43.3 Å². The van der Waals surface area contributed by atoms with Crippen molar-refractivity contribution in [1.82, 2.24) is 5.32 Å². The summed E-state index contributed by atoms with van der Waals surface area (Å²) in [6.07, 6.45) is 4.68. The average molecular weight is 700 g/mol. The zero-order chi connectivity index (χ0) is 36.3. The van der Waals surface area contributed by atoms with Crippen LogP contribution in [0.25, 0.3) is 0 Å². The fraction of sp³-hybridized carbons (Fsp3) is 0.467. The molecule has 19 heteroatoms. The molecule has 2 aliphatic heterocycles. The number of carbonyl (C=O) groups excluding carboxylic acids is 3. The Morgan fingerprint density at radius 3 is 1.76 bits per heavy atom. The minimum Gasteiger partial charge on any atom is -0.702 e. The number of rotatable bonds is 8. The molecule has 2 fully saturated rings. The number of carbonyl (C=O) groups is 4. The van der Waals surface area contributed by atoms with Crippen LogP contribution in [0.3, 0.4) is 0 Å². The van der Waals surface area contributed by atoms with E-state index >= 15 is 0 Å². The molecule has 0 aliphatic carbocycles. The summed E-state index contributed by atoms with van der Waals surface area (Å²) in [5.41, 5.74) is 6.91. The second-order valence-corrected chi connectivity index (χ2v) is 9.95. The van der Waals surface area contributed by atoms with Crippen LogP contribution in [-0.4, -0.2) is 85.3 Å². The number of nitrogens with one attached hydrogen (secondary N) is 1. The molecule has 2 aliphatic rings. The molecular formula is C30H42BN4NaO13. The summed E-state index contributed by atoms with van der Waals surface area (Å²) < 4.78 is 18.6. The number of nitrogens with two attached hydrogens (primary N) is 1. The van der Waals surface area contributed by atoms with Crippen LogP contribution in [0.4, 0.5) is 11.4 Å². The second-order valence-electron chi connectivity index (χ2n) is 9.95. The van der Waals surface area contributed by atoms with Crippen molar-refractivity contribution in [2.24, 2.45) is 5.73 Å². The molecule has 49 heavy (non-hydrogen) atoms. The summed E-state index contributed by atoms with van der Waals surface area (Å²) in [6.45, 7) is 7.49. The second kappa shape index (κ2) is 29.2. The maximum absolute atomic E-state index is 10.6. The number of hydrogen-bond acceptors (Lipinski definition) is 14. The largest absolute Gasteiger partial charge is 1.00 e. The van der Waals surface area contributed by atoms with Crippen molar-refractivity contribution < 1.29 is 82.5 Å². The summed E-state index contributed by atoms with van der Waals surface area (Å²) in [5.74, 6) is -1.87. The maximum Gasteiger partial charge on any atom is 1.00 e. The quantitative estimate of drug-likeness (QED) is 0.143. The average Bonchev–Trinajstić information content (AvgIpc) is 3.05. The monoisotopic (exact) mass is 700 g/mol. The van der Waals surface area contributed by atoms with Gasteiger partial charge in [0.15, 0.2) is 0 Å². The number of carboxylic acid groups (broad SMARTS) is 1. The van der Waals surface area contributed by atoms with E-state index in [1.54, 1.807) is 12.1 Å². The van der Waals surface area contributed by atoms with Crippen molar-refractivity contribution in [3.63, 3.8) is 0 Å². The van der Waals surface area contributed by atoms with Gasteiger partial charge >= 0.3 is 29.6 Å². The number of carboxylic acids is 1. The number of nitro groups is 2. The van der Waals surface area contributed by atoms with E-state index in [1.165, 1.54) is 44.2 Å². The van der Waals surface area contributed by atoms with Crippen LogP contribution >= 0.6 is 0 Å². The van der Waals surface area contributed by atoms with Crippen LogP contribution < -0.4 is 40.6 Å². The van der Waals surface area contributed by atoms with Gasteiger partial charge in [-0.15, -0.1) is 0 Å². The van der Waals surface area contributed by atoms with E-state index in [0.717, 1.165) is 64.6 Å². The van der Waals surface area contributed by atoms with Gasteiger partial charge in [-0.05, 0) is 31.2 Å². The number of benzene rings is 2. The molecule has 0 bridgehead atoms. The third-order valence-electron chi connectivity index (χ3n) is 5.85. The molecule has 0 saturated carbocycles. The maximum atomic E-state index is 10.6. The zero-order valence-electron chi connectivity index (χ0n) is 28.1. The summed E-state index contributed by atoms with van der Waals surface area (Å²) in [7, 11) is 0.699. The molecule has 0 unspecified atom stereocenters. The third kappa shape index (κ3) is 27.8. The number of non-ortho nitro benzene ring substituents is 2. The van der Waals surface area contributed by atoms with Gasteiger partial charge in [0.05, 0.1) is 9.85 Å². The third-order valence-corrected chi connectivity index (χ3v) is 5.85. The molecule has 2 heterocycles. The van der Waals surface area contributed by atoms with Crippen molar-refractivity contribution in [2.45, 2.75) is 65.1 Å². The topological polar surface area (TPSA) is 250 Å². The summed E-state index contributed by atoms with van der Waals surface area (Å²) in [4.78, 5) is 59.0. The molecule has 264 valence electrons. The molecule has 0 aromatic heterocycles. The van der Waals surface area contributed by atoms with Gasteiger partial charge in [0.25, 0.3) is 29.3 Å². The Morgan fingerprint density at radius 2 is 1.35 bits per heavy atom. The Hall–Kier alpha value is -3.78. The molecule has 0 atom stereocenters. The SMILES string of the molecule is CC(=O)O.CC(=O)O[B-]OC(C)=O.NC1CCOCC1.O=Cc1cccc([N+](=O)[O-])c1.O=[N+]([O-])c1cccc(CNC2CCOCC2)c1.[Na+]. The number of nitrogens with zero attached hydrogens (tertiary/aromatic N) is 2. The van der Waals surface area contributed by atoms with E-state index in [2.05, 4.69) is 14.6 Å². The summed E-state index contributed by atoms with van der Waals surface area (Å²) >= 11 is 0.